The van der Waals surface area contributed by atoms with E-state index < -0.39 is 0 Å². The van der Waals surface area contributed by atoms with Gasteiger partial charge in [-0.1, -0.05) is 0 Å². The van der Waals surface area contributed by atoms with Crippen LogP contribution in [0.4, 0.5) is 0 Å². The molecule has 0 unspecified atom stereocenters. The molecule has 20 heavy (non-hydrogen) atoms. The third-order valence-electron chi connectivity index (χ3n) is 3.15. The summed E-state index contributed by atoms with van der Waals surface area (Å²) in [6.45, 7) is 2.68. The van der Waals surface area contributed by atoms with Crippen LogP contribution in [-0.2, 0) is 4.79 Å². The molecule has 0 N–H and O–H groups in total. The SMILES string of the molecule is CCN(C(=O)COc1c(Br)cc(C=O)cc1Br)C1CC1. The highest BCUT2D eigenvalue weighted by molar-refractivity contribution is 9.11. The molecule has 1 amide bonds. The number of rotatable bonds is 6. The number of halogens is 2. The van der Waals surface area contributed by atoms with E-state index >= 15 is 0 Å². The van der Waals surface area contributed by atoms with E-state index in [9.17, 15) is 9.59 Å². The molecule has 0 atom stereocenters. The Morgan fingerprint density at radius 3 is 2.45 bits per heavy atom. The number of carbonyl (C=O) groups is 2. The van der Waals surface area contributed by atoms with E-state index in [1.54, 1.807) is 12.1 Å². The lowest BCUT2D eigenvalue weighted by Crippen LogP contribution is -2.36. The van der Waals surface area contributed by atoms with Crippen molar-refractivity contribution in [1.82, 2.24) is 4.90 Å². The van der Waals surface area contributed by atoms with Gasteiger partial charge in [0.05, 0.1) is 8.95 Å². The quantitative estimate of drug-likeness (QED) is 0.682. The van der Waals surface area contributed by atoms with Crippen molar-refractivity contribution in [2.45, 2.75) is 25.8 Å². The topological polar surface area (TPSA) is 46.6 Å². The van der Waals surface area contributed by atoms with Crippen molar-refractivity contribution in [3.8, 4) is 5.75 Å². The van der Waals surface area contributed by atoms with Gasteiger partial charge in [-0.3, -0.25) is 9.59 Å². The highest BCUT2D eigenvalue weighted by Crippen LogP contribution is 2.34. The fourth-order valence-corrected chi connectivity index (χ4v) is 3.48. The third kappa shape index (κ3) is 3.61. The van der Waals surface area contributed by atoms with E-state index in [1.807, 2.05) is 11.8 Å². The molecule has 0 spiro atoms. The Kier molecular flexibility index (Phi) is 5.21. The van der Waals surface area contributed by atoms with Crippen LogP contribution in [0.2, 0.25) is 0 Å². The summed E-state index contributed by atoms with van der Waals surface area (Å²) in [6.07, 6.45) is 2.93. The average molecular weight is 405 g/mol. The summed E-state index contributed by atoms with van der Waals surface area (Å²) < 4.78 is 6.89. The van der Waals surface area contributed by atoms with Gasteiger partial charge in [0, 0.05) is 18.2 Å². The summed E-state index contributed by atoms with van der Waals surface area (Å²) in [7, 11) is 0. The summed E-state index contributed by atoms with van der Waals surface area (Å²) in [5.74, 6) is 0.532. The second kappa shape index (κ2) is 6.72. The molecule has 0 heterocycles. The van der Waals surface area contributed by atoms with Gasteiger partial charge in [-0.25, -0.2) is 0 Å². The Bertz CT molecular complexity index is 506. The van der Waals surface area contributed by atoms with Gasteiger partial charge >= 0.3 is 0 Å². The first-order chi connectivity index (χ1) is 9.56. The number of benzene rings is 1. The number of amides is 1. The number of ether oxygens (including phenoxy) is 1. The fourth-order valence-electron chi connectivity index (χ4n) is 2.03. The van der Waals surface area contributed by atoms with Crippen LogP contribution in [0.25, 0.3) is 0 Å². The van der Waals surface area contributed by atoms with Crippen LogP contribution in [0.3, 0.4) is 0 Å². The number of aldehydes is 1. The van der Waals surface area contributed by atoms with Gasteiger partial charge in [0.25, 0.3) is 5.91 Å². The molecule has 108 valence electrons. The number of carbonyl (C=O) groups excluding carboxylic acids is 2. The van der Waals surface area contributed by atoms with Crippen molar-refractivity contribution in [1.29, 1.82) is 0 Å². The fraction of sp³-hybridized carbons (Fsp3) is 0.429. The van der Waals surface area contributed by atoms with Crippen molar-refractivity contribution in [3.05, 3.63) is 26.6 Å². The van der Waals surface area contributed by atoms with Crippen molar-refractivity contribution in [2.24, 2.45) is 0 Å². The van der Waals surface area contributed by atoms with Crippen molar-refractivity contribution in [3.63, 3.8) is 0 Å². The molecule has 1 aliphatic rings. The summed E-state index contributed by atoms with van der Waals surface area (Å²) in [5.41, 5.74) is 0.538. The lowest BCUT2D eigenvalue weighted by Gasteiger charge is -2.20. The van der Waals surface area contributed by atoms with Crippen LogP contribution in [0.1, 0.15) is 30.1 Å². The van der Waals surface area contributed by atoms with Gasteiger partial charge in [0.1, 0.15) is 12.0 Å². The molecule has 1 aromatic carbocycles. The summed E-state index contributed by atoms with van der Waals surface area (Å²) in [5, 5.41) is 0. The number of hydrogen-bond donors (Lipinski definition) is 0. The van der Waals surface area contributed by atoms with Crippen molar-refractivity contribution >= 4 is 44.1 Å². The van der Waals surface area contributed by atoms with Gasteiger partial charge in [-0.15, -0.1) is 0 Å². The zero-order chi connectivity index (χ0) is 14.7. The average Bonchev–Trinajstić information content (AvgIpc) is 3.23. The van der Waals surface area contributed by atoms with Gasteiger partial charge in [0.15, 0.2) is 6.61 Å². The number of nitrogens with zero attached hydrogens (tertiary/aromatic N) is 1. The van der Waals surface area contributed by atoms with Crippen LogP contribution in [-0.4, -0.2) is 36.3 Å². The van der Waals surface area contributed by atoms with Crippen molar-refractivity contribution in [2.75, 3.05) is 13.2 Å². The number of likely N-dealkylation sites (N-methyl/N-ethyl adjacent to an activating group) is 1. The van der Waals surface area contributed by atoms with Gasteiger partial charge < -0.3 is 9.64 Å². The monoisotopic (exact) mass is 403 g/mol. The van der Waals surface area contributed by atoms with Gasteiger partial charge in [-0.2, -0.15) is 0 Å². The summed E-state index contributed by atoms with van der Waals surface area (Å²) >= 11 is 6.69. The molecule has 1 aliphatic carbocycles. The minimum atomic E-state index is -0.00624. The minimum Gasteiger partial charge on any atom is -0.481 e. The summed E-state index contributed by atoms with van der Waals surface area (Å²) in [4.78, 5) is 24.7. The second-order valence-electron chi connectivity index (χ2n) is 4.63. The first kappa shape index (κ1) is 15.5. The van der Waals surface area contributed by atoms with Crippen LogP contribution in [0.15, 0.2) is 21.1 Å². The maximum absolute atomic E-state index is 12.1. The Labute approximate surface area is 134 Å². The zero-order valence-electron chi connectivity index (χ0n) is 11.1. The molecular formula is C14H15Br2NO3. The maximum atomic E-state index is 12.1. The lowest BCUT2D eigenvalue weighted by molar-refractivity contribution is -0.133. The molecule has 0 aliphatic heterocycles. The van der Waals surface area contributed by atoms with Gasteiger partial charge in [-0.05, 0) is 63.8 Å². The molecule has 1 aromatic rings. The first-order valence-electron chi connectivity index (χ1n) is 6.43. The normalized spacial score (nSPS) is 13.9. The van der Waals surface area contributed by atoms with Crippen LogP contribution < -0.4 is 4.74 Å². The van der Waals surface area contributed by atoms with E-state index in [-0.39, 0.29) is 12.5 Å². The van der Waals surface area contributed by atoms with E-state index in [0.29, 0.717) is 32.8 Å². The summed E-state index contributed by atoms with van der Waals surface area (Å²) in [6, 6.07) is 3.71. The molecule has 0 aromatic heterocycles. The molecule has 1 saturated carbocycles. The first-order valence-corrected chi connectivity index (χ1v) is 8.02. The Morgan fingerprint density at radius 2 is 2.00 bits per heavy atom. The van der Waals surface area contributed by atoms with E-state index in [0.717, 1.165) is 19.1 Å². The maximum Gasteiger partial charge on any atom is 0.260 e. The van der Waals surface area contributed by atoms with E-state index in [1.165, 1.54) is 0 Å². The van der Waals surface area contributed by atoms with Crippen LogP contribution in [0, 0.1) is 0 Å². The Hall–Kier alpha value is -0.880. The van der Waals surface area contributed by atoms with Crippen molar-refractivity contribution < 1.29 is 14.3 Å². The van der Waals surface area contributed by atoms with Crippen LogP contribution in [0.5, 0.6) is 5.75 Å². The molecular weight excluding hydrogens is 390 g/mol. The molecule has 4 nitrogen and oxygen atoms in total. The largest absolute Gasteiger partial charge is 0.481 e. The zero-order valence-corrected chi connectivity index (χ0v) is 14.2. The molecule has 0 saturated heterocycles. The lowest BCUT2D eigenvalue weighted by atomic mass is 10.2. The van der Waals surface area contributed by atoms with Gasteiger partial charge in [0.2, 0.25) is 0 Å². The van der Waals surface area contributed by atoms with E-state index in [2.05, 4.69) is 31.9 Å². The highest BCUT2D eigenvalue weighted by atomic mass is 79.9. The molecule has 0 radical (unpaired) electrons. The predicted octanol–water partition coefficient (Wildman–Crippen LogP) is 3.41. The van der Waals surface area contributed by atoms with E-state index in [4.69, 9.17) is 4.74 Å². The predicted molar refractivity (Wildman–Crippen MR) is 83.1 cm³/mol. The molecule has 2 rings (SSSR count). The van der Waals surface area contributed by atoms with Crippen LogP contribution >= 0.6 is 31.9 Å². The second-order valence-corrected chi connectivity index (χ2v) is 6.34. The Morgan fingerprint density at radius 1 is 1.40 bits per heavy atom. The smallest absolute Gasteiger partial charge is 0.260 e. The standard InChI is InChI=1S/C14H15Br2NO3/c1-2-17(10-3-4-10)13(19)8-20-14-11(15)5-9(7-18)6-12(14)16/h5-7,10H,2-4,8H2,1H3. The Balaban J connectivity index is 2.03. The number of hydrogen-bond acceptors (Lipinski definition) is 3. The third-order valence-corrected chi connectivity index (χ3v) is 4.32. The highest BCUT2D eigenvalue weighted by Gasteiger charge is 2.31. The molecule has 0 bridgehead atoms. The molecule has 1 fully saturated rings. The minimum absolute atomic E-state index is 0.00196. The molecule has 6 heteroatoms.